The van der Waals surface area contributed by atoms with Crippen LogP contribution in [0.1, 0.15) is 116 Å². The van der Waals surface area contributed by atoms with Gasteiger partial charge in [-0.2, -0.15) is 11.1 Å². The molecular weight excluding hydrogens is 396 g/mol. The van der Waals surface area contributed by atoms with E-state index in [4.69, 9.17) is 15.8 Å². The molecule has 0 saturated heterocycles. The van der Waals surface area contributed by atoms with Gasteiger partial charge in [0.15, 0.2) is 0 Å². The molecule has 0 rings (SSSR count). The Morgan fingerprint density at radius 2 is 1.00 bits per heavy atom. The zero-order valence-electron chi connectivity index (χ0n) is 19.6. The van der Waals surface area contributed by atoms with E-state index in [-0.39, 0.29) is 5.97 Å². The molecule has 172 valence electrons. The fraction of sp³-hybridized carbons (Fsp3) is 0.880. The van der Waals surface area contributed by atoms with Gasteiger partial charge in [0.05, 0.1) is 6.61 Å². The molecule has 0 radical (unpaired) electrons. The van der Waals surface area contributed by atoms with E-state index in [2.05, 4.69) is 19.7 Å². The van der Waals surface area contributed by atoms with Crippen LogP contribution in [0.3, 0.4) is 0 Å². The number of ether oxygens (including phenoxy) is 1. The van der Waals surface area contributed by atoms with Crippen molar-refractivity contribution in [3.63, 3.8) is 0 Å². The standard InChI is InChI=1S/C25H49ClO2Si/c1-4-25(27)28-23-21-19-17-15-13-11-9-7-5-6-8-10-12-14-16-18-20-22-24-29(2,3)26/h4H,1,5-24H2,2-3H3. The fourth-order valence-corrected chi connectivity index (χ4v) is 5.20. The van der Waals surface area contributed by atoms with Crippen LogP contribution in [0.25, 0.3) is 0 Å². The van der Waals surface area contributed by atoms with Gasteiger partial charge in [0.25, 0.3) is 0 Å². The minimum atomic E-state index is -1.32. The number of unbranched alkanes of at least 4 members (excludes halogenated alkanes) is 17. The summed E-state index contributed by atoms with van der Waals surface area (Å²) in [6.45, 7) is 8.44. The molecule has 0 bridgehead atoms. The van der Waals surface area contributed by atoms with Gasteiger partial charge in [-0.05, 0) is 12.5 Å². The fourth-order valence-electron chi connectivity index (χ4n) is 3.71. The Balaban J connectivity index is 3.07. The van der Waals surface area contributed by atoms with Gasteiger partial charge in [-0.3, -0.25) is 0 Å². The van der Waals surface area contributed by atoms with Crippen LogP contribution in [-0.2, 0) is 9.53 Å². The van der Waals surface area contributed by atoms with Crippen LogP contribution in [0.15, 0.2) is 12.7 Å². The van der Waals surface area contributed by atoms with Crippen molar-refractivity contribution in [3.05, 3.63) is 12.7 Å². The molecule has 0 unspecified atom stereocenters. The van der Waals surface area contributed by atoms with Crippen LogP contribution in [0.2, 0.25) is 19.1 Å². The van der Waals surface area contributed by atoms with E-state index in [1.807, 2.05) is 0 Å². The first-order valence-corrected chi connectivity index (χ1v) is 16.7. The average molecular weight is 445 g/mol. The molecule has 0 aromatic heterocycles. The summed E-state index contributed by atoms with van der Waals surface area (Å²) in [4.78, 5) is 10.9. The third-order valence-corrected chi connectivity index (χ3v) is 7.69. The number of rotatable bonds is 22. The predicted molar refractivity (Wildman–Crippen MR) is 132 cm³/mol. The smallest absolute Gasteiger partial charge is 0.330 e. The minimum absolute atomic E-state index is 0.302. The molecule has 0 amide bonds. The number of halogens is 1. The van der Waals surface area contributed by atoms with E-state index in [0.29, 0.717) is 6.61 Å². The van der Waals surface area contributed by atoms with Crippen molar-refractivity contribution in [2.24, 2.45) is 0 Å². The van der Waals surface area contributed by atoms with E-state index >= 15 is 0 Å². The van der Waals surface area contributed by atoms with Gasteiger partial charge in [-0.25, -0.2) is 4.79 Å². The van der Waals surface area contributed by atoms with Crippen molar-refractivity contribution in [2.75, 3.05) is 6.61 Å². The highest BCUT2D eigenvalue weighted by molar-refractivity contribution is 7.19. The lowest BCUT2D eigenvalue weighted by Crippen LogP contribution is -2.14. The van der Waals surface area contributed by atoms with Gasteiger partial charge in [0.1, 0.15) is 7.38 Å². The minimum Gasteiger partial charge on any atom is -0.463 e. The molecule has 0 aromatic rings. The third-order valence-electron chi connectivity index (χ3n) is 5.58. The molecule has 29 heavy (non-hydrogen) atoms. The van der Waals surface area contributed by atoms with E-state index in [9.17, 15) is 4.79 Å². The van der Waals surface area contributed by atoms with Crippen LogP contribution < -0.4 is 0 Å². The molecule has 0 aliphatic rings. The van der Waals surface area contributed by atoms with Gasteiger partial charge < -0.3 is 4.74 Å². The van der Waals surface area contributed by atoms with Crippen LogP contribution in [0, 0.1) is 0 Å². The van der Waals surface area contributed by atoms with E-state index in [1.54, 1.807) is 0 Å². The van der Waals surface area contributed by atoms with Crippen molar-refractivity contribution >= 4 is 24.4 Å². The van der Waals surface area contributed by atoms with Gasteiger partial charge >= 0.3 is 5.97 Å². The van der Waals surface area contributed by atoms with Crippen molar-refractivity contribution in [1.82, 2.24) is 0 Å². The van der Waals surface area contributed by atoms with Crippen LogP contribution in [0.5, 0.6) is 0 Å². The molecule has 4 heteroatoms. The normalized spacial score (nSPS) is 11.6. The van der Waals surface area contributed by atoms with Gasteiger partial charge in [-0.15, -0.1) is 0 Å². The Bertz CT molecular complexity index is 380. The molecule has 0 aliphatic heterocycles. The number of hydrogen-bond acceptors (Lipinski definition) is 2. The van der Waals surface area contributed by atoms with E-state index in [0.717, 1.165) is 12.8 Å². The molecule has 0 saturated carbocycles. The number of carbonyl (C=O) groups is 1. The van der Waals surface area contributed by atoms with Crippen molar-refractivity contribution in [3.8, 4) is 0 Å². The lowest BCUT2D eigenvalue weighted by atomic mass is 10.0. The maximum atomic E-state index is 10.9. The summed E-state index contributed by atoms with van der Waals surface area (Å²) in [5, 5.41) is 0. The first-order valence-electron chi connectivity index (χ1n) is 12.4. The van der Waals surface area contributed by atoms with Gasteiger partial charge in [0, 0.05) is 6.08 Å². The SMILES string of the molecule is C=CC(=O)OCCCCCCCCCCCCCCCCCCCC[Si](C)(C)Cl. The maximum Gasteiger partial charge on any atom is 0.330 e. The molecule has 0 spiro atoms. The Hall–Kier alpha value is -0.283. The molecule has 0 fully saturated rings. The highest BCUT2D eigenvalue weighted by Gasteiger charge is 2.15. The molecule has 0 aliphatic carbocycles. The summed E-state index contributed by atoms with van der Waals surface area (Å²) in [6.07, 6.45) is 25.7. The maximum absolute atomic E-state index is 10.9. The number of esters is 1. The van der Waals surface area contributed by atoms with Gasteiger partial charge in [0.2, 0.25) is 0 Å². The van der Waals surface area contributed by atoms with Crippen LogP contribution >= 0.6 is 11.1 Å². The Kier molecular flexibility index (Phi) is 20.8. The predicted octanol–water partition coefficient (Wildman–Crippen LogP) is 9.18. The first-order chi connectivity index (χ1) is 14.0. The summed E-state index contributed by atoms with van der Waals surface area (Å²) in [6, 6.07) is 1.28. The van der Waals surface area contributed by atoms with Crippen LogP contribution in [0.4, 0.5) is 0 Å². The third kappa shape index (κ3) is 25.7. The number of hydrogen-bond donors (Lipinski definition) is 0. The van der Waals surface area contributed by atoms with Crippen LogP contribution in [-0.4, -0.2) is 20.0 Å². The lowest BCUT2D eigenvalue weighted by molar-refractivity contribution is -0.137. The highest BCUT2D eigenvalue weighted by Crippen LogP contribution is 2.19. The zero-order chi connectivity index (χ0) is 21.6. The zero-order valence-corrected chi connectivity index (χ0v) is 21.4. The monoisotopic (exact) mass is 444 g/mol. The van der Waals surface area contributed by atoms with Gasteiger partial charge in [-0.1, -0.05) is 129 Å². The Morgan fingerprint density at radius 1 is 0.690 bits per heavy atom. The molecule has 0 atom stereocenters. The summed E-state index contributed by atoms with van der Waals surface area (Å²) in [7, 11) is -1.32. The summed E-state index contributed by atoms with van der Waals surface area (Å²) >= 11 is 6.36. The topological polar surface area (TPSA) is 26.3 Å². The van der Waals surface area contributed by atoms with Crippen molar-refractivity contribution in [2.45, 2.75) is 135 Å². The summed E-state index contributed by atoms with van der Waals surface area (Å²) in [5.74, 6) is -0.302. The molecule has 0 heterocycles. The molecule has 0 aromatic carbocycles. The first kappa shape index (κ1) is 28.7. The lowest BCUT2D eigenvalue weighted by Gasteiger charge is -2.11. The second kappa shape index (κ2) is 21.0. The largest absolute Gasteiger partial charge is 0.463 e. The van der Waals surface area contributed by atoms with Crippen molar-refractivity contribution < 1.29 is 9.53 Å². The Morgan fingerprint density at radius 3 is 1.31 bits per heavy atom. The molecular formula is C25H49ClO2Si. The highest BCUT2D eigenvalue weighted by atomic mass is 35.6. The van der Waals surface area contributed by atoms with E-state index < -0.39 is 7.38 Å². The average Bonchev–Trinajstić information content (AvgIpc) is 2.68. The quantitative estimate of drug-likeness (QED) is 0.0546. The molecule has 2 nitrogen and oxygen atoms in total. The molecule has 0 N–H and O–H groups in total. The second-order valence-electron chi connectivity index (χ2n) is 9.20. The summed E-state index contributed by atoms with van der Waals surface area (Å²) < 4.78 is 4.97. The summed E-state index contributed by atoms with van der Waals surface area (Å²) in [5.41, 5.74) is 0. The second-order valence-corrected chi connectivity index (χ2v) is 16.2. The Labute approximate surface area is 187 Å². The van der Waals surface area contributed by atoms with E-state index in [1.165, 1.54) is 115 Å². The number of carbonyl (C=O) groups excluding carboxylic acids is 1. The van der Waals surface area contributed by atoms with Crippen molar-refractivity contribution in [1.29, 1.82) is 0 Å².